The molecule has 0 spiro atoms. The molecule has 0 aliphatic carbocycles. The van der Waals surface area contributed by atoms with E-state index < -0.39 is 23.7 Å². The molecule has 6 heteroatoms. The van der Waals surface area contributed by atoms with E-state index in [9.17, 15) is 18.4 Å². The van der Waals surface area contributed by atoms with Crippen molar-refractivity contribution in [2.75, 3.05) is 11.4 Å². The number of anilines is 1. The van der Waals surface area contributed by atoms with Gasteiger partial charge in [0, 0.05) is 18.3 Å². The van der Waals surface area contributed by atoms with Crippen LogP contribution in [0.25, 0.3) is 0 Å². The minimum atomic E-state index is -1.06. The van der Waals surface area contributed by atoms with Crippen LogP contribution in [0.2, 0.25) is 0 Å². The highest BCUT2D eigenvalue weighted by Crippen LogP contribution is 2.28. The number of nitrogens with zero attached hydrogens (tertiary/aromatic N) is 1. The fourth-order valence-corrected chi connectivity index (χ4v) is 2.74. The van der Waals surface area contributed by atoms with Gasteiger partial charge in [0.25, 0.3) is 5.91 Å². The number of hydrogen-bond acceptors (Lipinski definition) is 3. The number of esters is 1. The van der Waals surface area contributed by atoms with Gasteiger partial charge in [-0.2, -0.15) is 0 Å². The molecule has 24 heavy (non-hydrogen) atoms. The van der Waals surface area contributed by atoms with Crippen LogP contribution < -0.4 is 4.90 Å². The molecule has 0 fully saturated rings. The maximum Gasteiger partial charge on any atom is 0.339 e. The summed E-state index contributed by atoms with van der Waals surface area (Å²) in [5, 5.41) is 0. The summed E-state index contributed by atoms with van der Waals surface area (Å²) in [6.07, 6.45) is -0.326. The van der Waals surface area contributed by atoms with Crippen LogP contribution in [0.1, 0.15) is 22.8 Å². The fourth-order valence-electron chi connectivity index (χ4n) is 2.74. The van der Waals surface area contributed by atoms with Gasteiger partial charge < -0.3 is 9.64 Å². The van der Waals surface area contributed by atoms with E-state index in [2.05, 4.69) is 0 Å². The van der Waals surface area contributed by atoms with Gasteiger partial charge in [0.1, 0.15) is 11.6 Å². The highest BCUT2D eigenvalue weighted by molar-refractivity contribution is 6.00. The molecule has 1 aliphatic heterocycles. The Balaban J connectivity index is 1.72. The number of rotatable bonds is 3. The molecule has 124 valence electrons. The van der Waals surface area contributed by atoms with E-state index in [1.54, 1.807) is 4.90 Å². The number of carbonyl (C=O) groups is 2. The number of carbonyl (C=O) groups excluding carboxylic acids is 2. The average molecular weight is 331 g/mol. The molecule has 0 radical (unpaired) electrons. The van der Waals surface area contributed by atoms with Crippen LogP contribution in [0, 0.1) is 11.6 Å². The van der Waals surface area contributed by atoms with Gasteiger partial charge in [0.2, 0.25) is 0 Å². The molecule has 1 atom stereocenters. The van der Waals surface area contributed by atoms with Crippen molar-refractivity contribution in [1.29, 1.82) is 0 Å². The number of halogens is 2. The van der Waals surface area contributed by atoms with Gasteiger partial charge in [-0.15, -0.1) is 0 Å². The second kappa shape index (κ2) is 6.39. The SMILES string of the molecule is CC(OC(=O)c1cc(F)cc(F)c1)C(=O)N1CCc2ccccc21. The molecule has 0 aromatic heterocycles. The minimum Gasteiger partial charge on any atom is -0.449 e. The third kappa shape index (κ3) is 3.13. The lowest BCUT2D eigenvalue weighted by molar-refractivity contribution is -0.126. The Morgan fingerprint density at radius 1 is 1.12 bits per heavy atom. The number of amides is 1. The third-order valence-electron chi connectivity index (χ3n) is 3.88. The Kier molecular flexibility index (Phi) is 4.29. The lowest BCUT2D eigenvalue weighted by atomic mass is 10.2. The summed E-state index contributed by atoms with van der Waals surface area (Å²) in [4.78, 5) is 26.1. The zero-order valence-electron chi connectivity index (χ0n) is 13.0. The summed E-state index contributed by atoms with van der Waals surface area (Å²) in [6.45, 7) is 1.95. The van der Waals surface area contributed by atoms with Crippen molar-refractivity contribution in [2.24, 2.45) is 0 Å². The van der Waals surface area contributed by atoms with Crippen molar-refractivity contribution < 1.29 is 23.1 Å². The predicted molar refractivity (Wildman–Crippen MR) is 83.7 cm³/mol. The van der Waals surface area contributed by atoms with Gasteiger partial charge >= 0.3 is 5.97 Å². The molecule has 1 amide bonds. The molecule has 1 heterocycles. The highest BCUT2D eigenvalue weighted by atomic mass is 19.1. The first-order chi connectivity index (χ1) is 11.5. The van der Waals surface area contributed by atoms with E-state index in [4.69, 9.17) is 4.74 Å². The van der Waals surface area contributed by atoms with Gasteiger partial charge in [0.15, 0.2) is 6.10 Å². The number of fused-ring (bicyclic) bond motifs is 1. The van der Waals surface area contributed by atoms with Crippen LogP contribution in [0.15, 0.2) is 42.5 Å². The van der Waals surface area contributed by atoms with Crippen molar-refractivity contribution in [2.45, 2.75) is 19.4 Å². The zero-order chi connectivity index (χ0) is 17.3. The Morgan fingerprint density at radius 2 is 1.79 bits per heavy atom. The first-order valence-electron chi connectivity index (χ1n) is 7.52. The minimum absolute atomic E-state index is 0.269. The lowest BCUT2D eigenvalue weighted by Gasteiger charge is -2.21. The number of benzene rings is 2. The summed E-state index contributed by atoms with van der Waals surface area (Å²) in [7, 11) is 0. The van der Waals surface area contributed by atoms with E-state index in [-0.39, 0.29) is 11.5 Å². The fraction of sp³-hybridized carbons (Fsp3) is 0.222. The van der Waals surface area contributed by atoms with Crippen LogP contribution in [0.5, 0.6) is 0 Å². The number of para-hydroxylation sites is 1. The number of ether oxygens (including phenoxy) is 1. The normalized spacial score (nSPS) is 14.2. The van der Waals surface area contributed by atoms with Crippen molar-refractivity contribution in [3.8, 4) is 0 Å². The highest BCUT2D eigenvalue weighted by Gasteiger charge is 2.30. The molecular formula is C18H15F2NO3. The smallest absolute Gasteiger partial charge is 0.339 e. The number of hydrogen-bond donors (Lipinski definition) is 0. The Labute approximate surface area is 137 Å². The molecule has 0 saturated heterocycles. The molecule has 0 N–H and O–H groups in total. The largest absolute Gasteiger partial charge is 0.449 e. The topological polar surface area (TPSA) is 46.6 Å². The molecule has 4 nitrogen and oxygen atoms in total. The standard InChI is InChI=1S/C18H15F2NO3/c1-11(24-18(23)13-8-14(19)10-15(20)9-13)17(22)21-7-6-12-4-2-3-5-16(12)21/h2-5,8-11H,6-7H2,1H3. The maximum absolute atomic E-state index is 13.2. The van der Waals surface area contributed by atoms with Gasteiger partial charge in [-0.3, -0.25) is 4.79 Å². The molecule has 0 bridgehead atoms. The third-order valence-corrected chi connectivity index (χ3v) is 3.88. The molecule has 2 aromatic rings. The van der Waals surface area contributed by atoms with Gasteiger partial charge in [0.05, 0.1) is 5.56 Å². The Hall–Kier alpha value is -2.76. The van der Waals surface area contributed by atoms with Gasteiger partial charge in [-0.1, -0.05) is 18.2 Å². The van der Waals surface area contributed by atoms with Crippen molar-refractivity contribution in [1.82, 2.24) is 0 Å². The average Bonchev–Trinajstić information content (AvgIpc) is 2.97. The first kappa shape index (κ1) is 16.1. The Morgan fingerprint density at radius 3 is 2.50 bits per heavy atom. The lowest BCUT2D eigenvalue weighted by Crippen LogP contribution is -2.39. The van der Waals surface area contributed by atoms with Crippen LogP contribution in [-0.4, -0.2) is 24.5 Å². The van der Waals surface area contributed by atoms with Crippen molar-refractivity contribution in [3.63, 3.8) is 0 Å². The van der Waals surface area contributed by atoms with Crippen molar-refractivity contribution >= 4 is 17.6 Å². The molecule has 1 aliphatic rings. The monoisotopic (exact) mass is 331 g/mol. The van der Waals surface area contributed by atoms with Crippen LogP contribution in [0.4, 0.5) is 14.5 Å². The van der Waals surface area contributed by atoms with Crippen LogP contribution >= 0.6 is 0 Å². The molecule has 1 unspecified atom stereocenters. The molecule has 2 aromatic carbocycles. The summed E-state index contributed by atoms with van der Waals surface area (Å²) in [5.74, 6) is -3.07. The maximum atomic E-state index is 13.2. The quantitative estimate of drug-likeness (QED) is 0.812. The van der Waals surface area contributed by atoms with Gasteiger partial charge in [-0.05, 0) is 37.1 Å². The second-order valence-corrected chi connectivity index (χ2v) is 5.57. The van der Waals surface area contributed by atoms with E-state index >= 15 is 0 Å². The Bertz CT molecular complexity index is 786. The summed E-state index contributed by atoms with van der Waals surface area (Å²) < 4.78 is 31.4. The predicted octanol–water partition coefficient (Wildman–Crippen LogP) is 3.10. The van der Waals surface area contributed by atoms with Gasteiger partial charge in [-0.25, -0.2) is 13.6 Å². The zero-order valence-corrected chi connectivity index (χ0v) is 13.0. The molecule has 3 rings (SSSR count). The van der Waals surface area contributed by atoms with Crippen LogP contribution in [-0.2, 0) is 16.0 Å². The van der Waals surface area contributed by atoms with Crippen molar-refractivity contribution in [3.05, 3.63) is 65.2 Å². The summed E-state index contributed by atoms with van der Waals surface area (Å²) in [5.41, 5.74) is 1.58. The molecule has 0 saturated carbocycles. The van der Waals surface area contributed by atoms with E-state index in [1.165, 1.54) is 6.92 Å². The summed E-state index contributed by atoms with van der Waals surface area (Å²) >= 11 is 0. The van der Waals surface area contributed by atoms with E-state index in [1.807, 2.05) is 24.3 Å². The first-order valence-corrected chi connectivity index (χ1v) is 7.52. The van der Waals surface area contributed by atoms with Crippen LogP contribution in [0.3, 0.4) is 0 Å². The summed E-state index contributed by atoms with van der Waals surface area (Å²) in [6, 6.07) is 9.89. The van der Waals surface area contributed by atoms with E-state index in [0.29, 0.717) is 12.6 Å². The second-order valence-electron chi connectivity index (χ2n) is 5.57. The van der Waals surface area contributed by atoms with E-state index in [0.717, 1.165) is 29.8 Å². The molecular weight excluding hydrogens is 316 g/mol.